The highest BCUT2D eigenvalue weighted by Crippen LogP contribution is 2.44. The van der Waals surface area contributed by atoms with Crippen LogP contribution in [0, 0.1) is 16.0 Å². The molecule has 1 heterocycles. The molecule has 1 aromatic heterocycles. The summed E-state index contributed by atoms with van der Waals surface area (Å²) in [6.07, 6.45) is 1.62. The van der Waals surface area contributed by atoms with E-state index < -0.39 is 16.4 Å². The molecule has 1 atom stereocenters. The zero-order valence-corrected chi connectivity index (χ0v) is 12.0. The van der Waals surface area contributed by atoms with Crippen LogP contribution in [0.4, 0.5) is 11.4 Å². The maximum Gasteiger partial charge on any atom is 0.329 e. The van der Waals surface area contributed by atoms with E-state index in [2.05, 4.69) is 10.3 Å². The van der Waals surface area contributed by atoms with E-state index >= 15 is 0 Å². The largest absolute Gasteiger partial charge is 0.480 e. The van der Waals surface area contributed by atoms with Crippen molar-refractivity contribution in [3.8, 4) is 0 Å². The molecule has 110 valence electrons. The van der Waals surface area contributed by atoms with Crippen LogP contribution in [0.3, 0.4) is 0 Å². The van der Waals surface area contributed by atoms with Crippen LogP contribution in [0.1, 0.15) is 19.8 Å². The van der Waals surface area contributed by atoms with E-state index in [9.17, 15) is 20.0 Å². The van der Waals surface area contributed by atoms with Gasteiger partial charge in [-0.25, -0.2) is 9.78 Å². The number of nitro groups is 1. The van der Waals surface area contributed by atoms with Crippen LogP contribution in [0.15, 0.2) is 17.6 Å². The van der Waals surface area contributed by atoms with Gasteiger partial charge in [0.2, 0.25) is 0 Å². The molecule has 7 nitrogen and oxygen atoms in total. The van der Waals surface area contributed by atoms with Gasteiger partial charge >= 0.3 is 11.7 Å². The zero-order chi connectivity index (χ0) is 15.2. The zero-order valence-electron chi connectivity index (χ0n) is 11.2. The second kappa shape index (κ2) is 4.66. The summed E-state index contributed by atoms with van der Waals surface area (Å²) in [7, 11) is 0. The van der Waals surface area contributed by atoms with Crippen LogP contribution >= 0.6 is 11.3 Å². The Morgan fingerprint density at radius 1 is 1.57 bits per heavy atom. The SMILES string of the molecule is CC(Nc1ccc2scnc2c1[N+](=O)[O-])(C(=O)O)C1CC1. The van der Waals surface area contributed by atoms with Crippen LogP contribution < -0.4 is 5.32 Å². The number of fused-ring (bicyclic) bond motifs is 1. The Hall–Kier alpha value is -2.22. The van der Waals surface area contributed by atoms with E-state index in [4.69, 9.17) is 0 Å². The molecular formula is C13H13N3O4S. The van der Waals surface area contributed by atoms with Crippen molar-refractivity contribution < 1.29 is 14.8 Å². The van der Waals surface area contributed by atoms with E-state index in [1.807, 2.05) is 0 Å². The van der Waals surface area contributed by atoms with Crippen molar-refractivity contribution in [2.75, 3.05) is 5.32 Å². The number of hydrogen-bond acceptors (Lipinski definition) is 6. The van der Waals surface area contributed by atoms with Crippen molar-refractivity contribution in [3.63, 3.8) is 0 Å². The highest BCUT2D eigenvalue weighted by molar-refractivity contribution is 7.16. The Bertz CT molecular complexity index is 740. The van der Waals surface area contributed by atoms with Gasteiger partial charge in [0.05, 0.1) is 15.1 Å². The topological polar surface area (TPSA) is 105 Å². The maximum atomic E-state index is 11.6. The number of aliphatic carboxylic acids is 1. The lowest BCUT2D eigenvalue weighted by molar-refractivity contribution is -0.382. The number of benzene rings is 1. The van der Waals surface area contributed by atoms with Crippen molar-refractivity contribution in [2.24, 2.45) is 5.92 Å². The Morgan fingerprint density at radius 2 is 2.29 bits per heavy atom. The van der Waals surface area contributed by atoms with Crippen molar-refractivity contribution in [1.29, 1.82) is 0 Å². The molecule has 1 unspecified atom stereocenters. The molecule has 3 rings (SSSR count). The fourth-order valence-corrected chi connectivity index (χ4v) is 3.15. The van der Waals surface area contributed by atoms with Crippen LogP contribution in [0.25, 0.3) is 10.2 Å². The van der Waals surface area contributed by atoms with Gasteiger partial charge in [-0.1, -0.05) is 0 Å². The molecule has 1 aliphatic rings. The third-order valence-corrected chi connectivity index (χ3v) is 4.68. The molecule has 8 heteroatoms. The van der Waals surface area contributed by atoms with E-state index in [1.165, 1.54) is 11.3 Å². The van der Waals surface area contributed by atoms with E-state index in [1.54, 1.807) is 24.6 Å². The Morgan fingerprint density at radius 3 is 2.86 bits per heavy atom. The first-order chi connectivity index (χ1) is 9.93. The van der Waals surface area contributed by atoms with Crippen LogP contribution in [0.2, 0.25) is 0 Å². The summed E-state index contributed by atoms with van der Waals surface area (Å²) >= 11 is 1.31. The van der Waals surface area contributed by atoms with Crippen LogP contribution in [-0.4, -0.2) is 26.5 Å². The molecule has 21 heavy (non-hydrogen) atoms. The average Bonchev–Trinajstić information content (AvgIpc) is 3.17. The third kappa shape index (κ3) is 2.21. The van der Waals surface area contributed by atoms with Gasteiger partial charge < -0.3 is 10.4 Å². The summed E-state index contributed by atoms with van der Waals surface area (Å²) in [4.78, 5) is 26.4. The molecule has 1 aliphatic carbocycles. The minimum absolute atomic E-state index is 0.0132. The van der Waals surface area contributed by atoms with E-state index in [0.29, 0.717) is 10.2 Å². The maximum absolute atomic E-state index is 11.6. The predicted molar refractivity (Wildman–Crippen MR) is 78.7 cm³/mol. The van der Waals surface area contributed by atoms with Crippen molar-refractivity contribution in [2.45, 2.75) is 25.3 Å². The smallest absolute Gasteiger partial charge is 0.329 e. The van der Waals surface area contributed by atoms with Gasteiger partial charge in [-0.2, -0.15) is 0 Å². The average molecular weight is 307 g/mol. The molecule has 0 bridgehead atoms. The molecule has 0 radical (unpaired) electrons. The van der Waals surface area contributed by atoms with Crippen molar-refractivity contribution in [3.05, 3.63) is 27.8 Å². The molecule has 2 N–H and O–H groups in total. The van der Waals surface area contributed by atoms with E-state index in [0.717, 1.165) is 12.8 Å². The number of thiazole rings is 1. The van der Waals surface area contributed by atoms with Crippen LogP contribution in [0.5, 0.6) is 0 Å². The number of rotatable bonds is 5. The molecular weight excluding hydrogens is 294 g/mol. The number of anilines is 1. The highest BCUT2D eigenvalue weighted by Gasteiger charge is 2.48. The van der Waals surface area contributed by atoms with Gasteiger partial charge in [0.15, 0.2) is 5.52 Å². The first-order valence-electron chi connectivity index (χ1n) is 6.45. The van der Waals surface area contributed by atoms with Crippen LogP contribution in [-0.2, 0) is 4.79 Å². The summed E-state index contributed by atoms with van der Waals surface area (Å²) < 4.78 is 0.704. The van der Waals surface area contributed by atoms with E-state index in [-0.39, 0.29) is 17.3 Å². The Kier molecular flexibility index (Phi) is 3.05. The fourth-order valence-electron chi connectivity index (χ4n) is 2.47. The number of aromatic nitrogens is 1. The monoisotopic (exact) mass is 307 g/mol. The van der Waals surface area contributed by atoms with Crippen molar-refractivity contribution >= 4 is 38.9 Å². The first-order valence-corrected chi connectivity index (χ1v) is 7.33. The molecule has 0 amide bonds. The van der Waals surface area contributed by atoms with Gasteiger partial charge in [-0.05, 0) is 37.8 Å². The predicted octanol–water partition coefficient (Wildman–Crippen LogP) is 2.87. The number of carbonyl (C=O) groups is 1. The van der Waals surface area contributed by atoms with Gasteiger partial charge in [0.25, 0.3) is 0 Å². The summed E-state index contributed by atoms with van der Waals surface area (Å²) in [6.45, 7) is 1.57. The number of nitro benzene ring substituents is 1. The van der Waals surface area contributed by atoms with Gasteiger partial charge in [-0.15, -0.1) is 11.3 Å². The number of nitrogens with one attached hydrogen (secondary N) is 1. The Labute approximate surface area is 123 Å². The standard InChI is InChI=1S/C13H13N3O4S/c1-13(12(17)18,7-2-3-7)15-8-4-5-9-10(14-6-21-9)11(8)16(19)20/h4-7,15H,2-3H2,1H3,(H,17,18). The molecule has 1 saturated carbocycles. The fraction of sp³-hybridized carbons (Fsp3) is 0.385. The molecule has 0 saturated heterocycles. The number of carboxylic acids is 1. The van der Waals surface area contributed by atoms with Gasteiger partial charge in [0.1, 0.15) is 11.2 Å². The number of hydrogen-bond donors (Lipinski definition) is 2. The van der Waals surface area contributed by atoms with Crippen molar-refractivity contribution in [1.82, 2.24) is 4.98 Å². The number of carboxylic acid groups (broad SMARTS) is 1. The highest BCUT2D eigenvalue weighted by atomic mass is 32.1. The third-order valence-electron chi connectivity index (χ3n) is 3.89. The molecule has 1 aromatic carbocycles. The lowest BCUT2D eigenvalue weighted by Crippen LogP contribution is -2.45. The van der Waals surface area contributed by atoms with Gasteiger partial charge in [-0.3, -0.25) is 10.1 Å². The second-order valence-corrected chi connectivity index (χ2v) is 6.21. The molecule has 0 spiro atoms. The first kappa shape index (κ1) is 13.7. The normalized spacial score (nSPS) is 17.4. The molecule has 0 aliphatic heterocycles. The lowest BCUT2D eigenvalue weighted by Gasteiger charge is -2.27. The summed E-state index contributed by atoms with van der Waals surface area (Å²) in [5.74, 6) is -1.02. The summed E-state index contributed by atoms with van der Waals surface area (Å²) in [5.41, 5.74) is 0.670. The number of nitrogens with zero attached hydrogens (tertiary/aromatic N) is 2. The van der Waals surface area contributed by atoms with Gasteiger partial charge in [0, 0.05) is 0 Å². The Balaban J connectivity index is 2.09. The minimum atomic E-state index is -1.20. The lowest BCUT2D eigenvalue weighted by atomic mass is 9.95. The molecule has 1 fully saturated rings. The summed E-state index contributed by atoms with van der Waals surface area (Å²) in [6, 6.07) is 3.28. The quantitative estimate of drug-likeness (QED) is 0.650. The second-order valence-electron chi connectivity index (χ2n) is 5.32. The minimum Gasteiger partial charge on any atom is -0.480 e. The summed E-state index contributed by atoms with van der Waals surface area (Å²) in [5, 5.41) is 23.7. The molecule has 2 aromatic rings.